The number of aryl methyl sites for hydroxylation is 1. The molecule has 0 spiro atoms. The Labute approximate surface area is 180 Å². The molecule has 1 aliphatic heterocycles. The second-order valence-corrected chi connectivity index (χ2v) is 9.66. The second kappa shape index (κ2) is 8.92. The third-order valence-electron chi connectivity index (χ3n) is 4.90. The summed E-state index contributed by atoms with van der Waals surface area (Å²) >= 11 is 12.2. The van der Waals surface area contributed by atoms with Crippen LogP contribution in [0.4, 0.5) is 5.69 Å². The van der Waals surface area contributed by atoms with Crippen LogP contribution >= 0.6 is 23.2 Å². The highest BCUT2D eigenvalue weighted by atomic mass is 35.5. The summed E-state index contributed by atoms with van der Waals surface area (Å²) in [5.74, 6) is -0.539. The first kappa shape index (κ1) is 21.9. The van der Waals surface area contributed by atoms with E-state index < -0.39 is 15.9 Å². The summed E-state index contributed by atoms with van der Waals surface area (Å²) in [6.07, 6.45) is 1.15. The van der Waals surface area contributed by atoms with Gasteiger partial charge in [0.2, 0.25) is 15.9 Å². The molecule has 0 aromatic heterocycles. The van der Waals surface area contributed by atoms with Gasteiger partial charge in [-0.1, -0.05) is 35.3 Å². The monoisotopic (exact) mass is 456 g/mol. The SMILES string of the molecule is COc1ccc(C)cc1S(=O)(=O)N1CCC[C@H](C(=O)Nc2c(Cl)cccc2Cl)C1. The minimum Gasteiger partial charge on any atom is -0.495 e. The van der Waals surface area contributed by atoms with Crippen LogP contribution in [-0.4, -0.2) is 38.8 Å². The van der Waals surface area contributed by atoms with Crippen molar-refractivity contribution in [3.8, 4) is 5.75 Å². The maximum atomic E-state index is 13.2. The van der Waals surface area contributed by atoms with Gasteiger partial charge in [-0.2, -0.15) is 4.31 Å². The maximum absolute atomic E-state index is 13.2. The Morgan fingerprint density at radius 2 is 1.90 bits per heavy atom. The number of piperidine rings is 1. The molecule has 1 N–H and O–H groups in total. The first-order valence-electron chi connectivity index (χ1n) is 9.13. The van der Waals surface area contributed by atoms with Crippen LogP contribution in [0.2, 0.25) is 10.0 Å². The Kier molecular flexibility index (Phi) is 6.73. The number of nitrogens with one attached hydrogen (secondary N) is 1. The van der Waals surface area contributed by atoms with E-state index >= 15 is 0 Å². The molecule has 0 unspecified atom stereocenters. The van der Waals surface area contributed by atoms with Crippen LogP contribution < -0.4 is 10.1 Å². The molecule has 1 fully saturated rings. The number of hydrogen-bond acceptors (Lipinski definition) is 4. The molecule has 1 heterocycles. The second-order valence-electron chi connectivity index (χ2n) is 6.94. The summed E-state index contributed by atoms with van der Waals surface area (Å²) in [5, 5.41) is 3.40. The molecule has 0 aliphatic carbocycles. The maximum Gasteiger partial charge on any atom is 0.246 e. The predicted octanol–water partition coefficient (Wildman–Crippen LogP) is 4.35. The van der Waals surface area contributed by atoms with E-state index in [1.165, 1.54) is 11.4 Å². The number of sulfonamides is 1. The van der Waals surface area contributed by atoms with Gasteiger partial charge in [0.25, 0.3) is 0 Å². The fourth-order valence-corrected chi connectivity index (χ4v) is 5.60. The molecule has 0 radical (unpaired) electrons. The minimum atomic E-state index is -3.81. The lowest BCUT2D eigenvalue weighted by atomic mass is 9.98. The fraction of sp³-hybridized carbons (Fsp3) is 0.350. The number of nitrogens with zero attached hydrogens (tertiary/aromatic N) is 1. The molecule has 29 heavy (non-hydrogen) atoms. The molecule has 0 bridgehead atoms. The van der Waals surface area contributed by atoms with Crippen molar-refractivity contribution in [2.24, 2.45) is 5.92 Å². The van der Waals surface area contributed by atoms with Crippen molar-refractivity contribution >= 4 is 44.8 Å². The highest BCUT2D eigenvalue weighted by Gasteiger charge is 2.35. The highest BCUT2D eigenvalue weighted by molar-refractivity contribution is 7.89. The molecular formula is C20H22Cl2N2O4S. The van der Waals surface area contributed by atoms with E-state index in [2.05, 4.69) is 5.32 Å². The predicted molar refractivity (Wildman–Crippen MR) is 114 cm³/mol. The zero-order chi connectivity index (χ0) is 21.2. The van der Waals surface area contributed by atoms with E-state index in [1.807, 2.05) is 6.92 Å². The number of para-hydroxylation sites is 1. The van der Waals surface area contributed by atoms with Gasteiger partial charge in [-0.15, -0.1) is 0 Å². The van der Waals surface area contributed by atoms with Gasteiger partial charge in [0.15, 0.2) is 0 Å². The Balaban J connectivity index is 1.82. The van der Waals surface area contributed by atoms with E-state index in [9.17, 15) is 13.2 Å². The van der Waals surface area contributed by atoms with Gasteiger partial charge in [0.05, 0.1) is 28.8 Å². The van der Waals surface area contributed by atoms with E-state index in [0.29, 0.717) is 35.1 Å². The smallest absolute Gasteiger partial charge is 0.246 e. The number of anilines is 1. The van der Waals surface area contributed by atoms with Crippen molar-refractivity contribution in [1.82, 2.24) is 4.31 Å². The number of halogens is 2. The van der Waals surface area contributed by atoms with Gasteiger partial charge in [-0.3, -0.25) is 4.79 Å². The Morgan fingerprint density at radius 1 is 1.21 bits per heavy atom. The molecule has 0 saturated carbocycles. The topological polar surface area (TPSA) is 75.7 Å². The number of hydrogen-bond donors (Lipinski definition) is 1. The lowest BCUT2D eigenvalue weighted by molar-refractivity contribution is -0.120. The average molecular weight is 457 g/mol. The van der Waals surface area contributed by atoms with E-state index in [1.54, 1.807) is 36.4 Å². The summed E-state index contributed by atoms with van der Waals surface area (Å²) < 4.78 is 33.0. The normalized spacial score (nSPS) is 17.7. The van der Waals surface area contributed by atoms with Gasteiger partial charge in [0.1, 0.15) is 10.6 Å². The summed E-state index contributed by atoms with van der Waals surface area (Å²) in [4.78, 5) is 12.9. The Hall–Kier alpha value is -1.80. The number of carbonyl (C=O) groups excluding carboxylic acids is 1. The quantitative estimate of drug-likeness (QED) is 0.725. The molecular weight excluding hydrogens is 435 g/mol. The van der Waals surface area contributed by atoms with Crippen molar-refractivity contribution in [3.63, 3.8) is 0 Å². The van der Waals surface area contributed by atoms with Crippen LogP contribution in [0.15, 0.2) is 41.3 Å². The minimum absolute atomic E-state index is 0.0767. The van der Waals surface area contributed by atoms with Gasteiger partial charge < -0.3 is 10.1 Å². The summed E-state index contributed by atoms with van der Waals surface area (Å²) in [7, 11) is -2.37. The standard InChI is InChI=1S/C20H22Cl2N2O4S/c1-13-8-9-17(28-2)18(11-13)29(26,27)24-10-4-5-14(12-24)20(25)23-19-15(21)6-3-7-16(19)22/h3,6-9,11,14H,4-5,10,12H2,1-2H3,(H,23,25)/t14-/m0/s1. The van der Waals surface area contributed by atoms with Gasteiger partial charge in [-0.05, 0) is 49.6 Å². The molecule has 2 aromatic rings. The number of amides is 1. The fourth-order valence-electron chi connectivity index (χ4n) is 3.34. The van der Waals surface area contributed by atoms with Crippen molar-refractivity contribution < 1.29 is 17.9 Å². The summed E-state index contributed by atoms with van der Waals surface area (Å²) in [6.45, 7) is 2.24. The first-order valence-corrected chi connectivity index (χ1v) is 11.3. The molecule has 1 atom stereocenters. The molecule has 1 amide bonds. The molecule has 1 saturated heterocycles. The van der Waals surface area contributed by atoms with E-state index in [0.717, 1.165) is 5.56 Å². The number of carbonyl (C=O) groups is 1. The molecule has 156 valence electrons. The van der Waals surface area contributed by atoms with Crippen molar-refractivity contribution in [3.05, 3.63) is 52.0 Å². The van der Waals surface area contributed by atoms with Gasteiger partial charge in [-0.25, -0.2) is 8.42 Å². The summed E-state index contributed by atoms with van der Waals surface area (Å²) in [5.41, 5.74) is 1.14. The third-order valence-corrected chi connectivity index (χ3v) is 7.42. The summed E-state index contributed by atoms with van der Waals surface area (Å²) in [6, 6.07) is 9.95. The van der Waals surface area contributed by atoms with E-state index in [-0.39, 0.29) is 23.1 Å². The van der Waals surface area contributed by atoms with Crippen molar-refractivity contribution in [2.75, 3.05) is 25.5 Å². The zero-order valence-electron chi connectivity index (χ0n) is 16.1. The average Bonchev–Trinajstić information content (AvgIpc) is 2.70. The van der Waals surface area contributed by atoms with Crippen LogP contribution in [0, 0.1) is 12.8 Å². The van der Waals surface area contributed by atoms with Crippen LogP contribution in [0.1, 0.15) is 18.4 Å². The largest absolute Gasteiger partial charge is 0.495 e. The Bertz CT molecular complexity index is 1010. The molecule has 2 aromatic carbocycles. The van der Waals surface area contributed by atoms with Crippen LogP contribution in [0.25, 0.3) is 0 Å². The number of benzene rings is 2. The zero-order valence-corrected chi connectivity index (χ0v) is 18.4. The van der Waals surface area contributed by atoms with Crippen molar-refractivity contribution in [1.29, 1.82) is 0 Å². The number of rotatable bonds is 5. The van der Waals surface area contributed by atoms with Crippen LogP contribution in [-0.2, 0) is 14.8 Å². The number of methoxy groups -OCH3 is 1. The third kappa shape index (κ3) is 4.69. The Morgan fingerprint density at radius 3 is 2.55 bits per heavy atom. The first-order chi connectivity index (χ1) is 13.7. The van der Waals surface area contributed by atoms with Gasteiger partial charge in [0, 0.05) is 13.1 Å². The van der Waals surface area contributed by atoms with Crippen LogP contribution in [0.5, 0.6) is 5.75 Å². The lowest BCUT2D eigenvalue weighted by Crippen LogP contribution is -2.43. The number of ether oxygens (including phenoxy) is 1. The lowest BCUT2D eigenvalue weighted by Gasteiger charge is -2.31. The molecule has 6 nitrogen and oxygen atoms in total. The molecule has 9 heteroatoms. The highest BCUT2D eigenvalue weighted by Crippen LogP contribution is 2.33. The van der Waals surface area contributed by atoms with Crippen molar-refractivity contribution in [2.45, 2.75) is 24.7 Å². The van der Waals surface area contributed by atoms with Crippen LogP contribution in [0.3, 0.4) is 0 Å². The van der Waals surface area contributed by atoms with E-state index in [4.69, 9.17) is 27.9 Å². The van der Waals surface area contributed by atoms with Gasteiger partial charge >= 0.3 is 0 Å². The molecule has 1 aliphatic rings. The molecule has 3 rings (SSSR count).